The third-order valence-corrected chi connectivity index (χ3v) is 4.06. The number of carbonyl (C=O) groups is 3. The van der Waals surface area contributed by atoms with E-state index in [4.69, 9.17) is 0 Å². The van der Waals surface area contributed by atoms with E-state index in [-0.39, 0.29) is 12.3 Å². The lowest BCUT2D eigenvalue weighted by molar-refractivity contribution is -0.121. The van der Waals surface area contributed by atoms with Crippen LogP contribution in [0.5, 0.6) is 0 Å². The zero-order chi connectivity index (χ0) is 17.1. The van der Waals surface area contributed by atoms with E-state index in [9.17, 15) is 14.4 Å². The number of hydrazine groups is 1. The average Bonchev–Trinajstić information content (AvgIpc) is 2.88. The average molecular weight is 389 g/mol. The SMILES string of the molecule is O=C(NN[C@@H]1CC(=O)N(c2ccc(Br)cc2)C1=O)c1ccncc1. The molecule has 3 amide bonds. The number of rotatable bonds is 4. The van der Waals surface area contributed by atoms with E-state index in [0.29, 0.717) is 11.3 Å². The summed E-state index contributed by atoms with van der Waals surface area (Å²) in [6, 6.07) is 9.16. The van der Waals surface area contributed by atoms with Gasteiger partial charge in [-0.2, -0.15) is 0 Å². The minimum Gasteiger partial charge on any atom is -0.287 e. The highest BCUT2D eigenvalue weighted by molar-refractivity contribution is 9.10. The summed E-state index contributed by atoms with van der Waals surface area (Å²) in [6.45, 7) is 0. The Kier molecular flexibility index (Phi) is 4.68. The molecule has 3 rings (SSSR count). The first-order valence-electron chi connectivity index (χ1n) is 7.14. The summed E-state index contributed by atoms with van der Waals surface area (Å²) in [5, 5.41) is 0. The van der Waals surface area contributed by atoms with Crippen molar-refractivity contribution >= 4 is 39.3 Å². The van der Waals surface area contributed by atoms with Gasteiger partial charge in [0.1, 0.15) is 6.04 Å². The van der Waals surface area contributed by atoms with Crippen LogP contribution in [0, 0.1) is 0 Å². The molecule has 1 atom stereocenters. The van der Waals surface area contributed by atoms with E-state index >= 15 is 0 Å². The van der Waals surface area contributed by atoms with E-state index in [1.807, 2.05) is 0 Å². The molecule has 1 saturated heterocycles. The van der Waals surface area contributed by atoms with E-state index in [2.05, 4.69) is 31.8 Å². The van der Waals surface area contributed by atoms with Crippen LogP contribution in [0.2, 0.25) is 0 Å². The fourth-order valence-electron chi connectivity index (χ4n) is 2.33. The molecular formula is C16H13BrN4O3. The number of aromatic nitrogens is 1. The number of hydrogen-bond acceptors (Lipinski definition) is 5. The molecule has 7 nitrogen and oxygen atoms in total. The molecule has 1 fully saturated rings. The predicted octanol–water partition coefficient (Wildman–Crippen LogP) is 1.41. The normalized spacial score (nSPS) is 17.2. The first kappa shape index (κ1) is 16.3. The maximum atomic E-state index is 12.4. The Bertz CT molecular complexity index is 780. The van der Waals surface area contributed by atoms with Gasteiger partial charge in [-0.1, -0.05) is 15.9 Å². The topological polar surface area (TPSA) is 91.4 Å². The number of nitrogens with zero attached hydrogens (tertiary/aromatic N) is 2. The van der Waals surface area contributed by atoms with Gasteiger partial charge in [0.2, 0.25) is 5.91 Å². The highest BCUT2D eigenvalue weighted by Gasteiger charge is 2.39. The van der Waals surface area contributed by atoms with E-state index < -0.39 is 17.9 Å². The molecule has 1 aromatic heterocycles. The van der Waals surface area contributed by atoms with Crippen molar-refractivity contribution in [1.82, 2.24) is 15.8 Å². The highest BCUT2D eigenvalue weighted by atomic mass is 79.9. The van der Waals surface area contributed by atoms with Crippen LogP contribution in [-0.4, -0.2) is 28.7 Å². The first-order valence-corrected chi connectivity index (χ1v) is 7.94. The molecule has 2 heterocycles. The zero-order valence-corrected chi connectivity index (χ0v) is 14.0. The van der Waals surface area contributed by atoms with Gasteiger partial charge in [0, 0.05) is 22.4 Å². The highest BCUT2D eigenvalue weighted by Crippen LogP contribution is 2.24. The molecule has 24 heavy (non-hydrogen) atoms. The van der Waals surface area contributed by atoms with Crippen LogP contribution in [0.25, 0.3) is 0 Å². The van der Waals surface area contributed by atoms with Crippen molar-refractivity contribution in [3.05, 3.63) is 58.8 Å². The minimum absolute atomic E-state index is 0.0223. The van der Waals surface area contributed by atoms with Gasteiger partial charge in [-0.3, -0.25) is 24.8 Å². The molecule has 1 aliphatic rings. The van der Waals surface area contributed by atoms with Gasteiger partial charge in [0.25, 0.3) is 11.8 Å². The van der Waals surface area contributed by atoms with Crippen molar-refractivity contribution in [2.24, 2.45) is 0 Å². The van der Waals surface area contributed by atoms with Crippen molar-refractivity contribution in [2.75, 3.05) is 4.90 Å². The largest absolute Gasteiger partial charge is 0.287 e. The van der Waals surface area contributed by atoms with Gasteiger partial charge in [0.05, 0.1) is 12.1 Å². The standard InChI is InChI=1S/C16H13BrN4O3/c17-11-1-3-12(4-2-11)21-14(22)9-13(16(21)24)19-20-15(23)10-5-7-18-8-6-10/h1-8,13,19H,9H2,(H,20,23)/t13-/m1/s1. The Morgan fingerprint density at radius 1 is 1.12 bits per heavy atom. The van der Waals surface area contributed by atoms with Gasteiger partial charge in [-0.05, 0) is 36.4 Å². The monoisotopic (exact) mass is 388 g/mol. The summed E-state index contributed by atoms with van der Waals surface area (Å²) in [4.78, 5) is 41.5. The second-order valence-electron chi connectivity index (χ2n) is 5.13. The Balaban J connectivity index is 1.66. The Morgan fingerprint density at radius 2 is 1.79 bits per heavy atom. The molecule has 2 aromatic rings. The van der Waals surface area contributed by atoms with Crippen molar-refractivity contribution in [3.8, 4) is 0 Å². The molecule has 0 bridgehead atoms. The Labute approximate surface area is 146 Å². The van der Waals surface area contributed by atoms with Crippen molar-refractivity contribution in [2.45, 2.75) is 12.5 Å². The summed E-state index contributed by atoms with van der Waals surface area (Å²) in [7, 11) is 0. The summed E-state index contributed by atoms with van der Waals surface area (Å²) < 4.78 is 0.852. The predicted molar refractivity (Wildman–Crippen MR) is 89.9 cm³/mol. The Hall–Kier alpha value is -2.58. The molecule has 1 aromatic carbocycles. The van der Waals surface area contributed by atoms with Gasteiger partial charge >= 0.3 is 0 Å². The molecular weight excluding hydrogens is 376 g/mol. The number of carbonyl (C=O) groups excluding carboxylic acids is 3. The minimum atomic E-state index is -0.799. The Morgan fingerprint density at radius 3 is 2.46 bits per heavy atom. The van der Waals surface area contributed by atoms with Crippen LogP contribution in [0.4, 0.5) is 5.69 Å². The van der Waals surface area contributed by atoms with Crippen LogP contribution in [0.1, 0.15) is 16.8 Å². The second-order valence-corrected chi connectivity index (χ2v) is 6.05. The number of benzene rings is 1. The summed E-state index contributed by atoms with van der Waals surface area (Å²) in [5.41, 5.74) is 5.98. The van der Waals surface area contributed by atoms with E-state index in [1.165, 1.54) is 12.4 Å². The number of pyridine rings is 1. The third-order valence-electron chi connectivity index (χ3n) is 3.53. The first-order chi connectivity index (χ1) is 11.6. The molecule has 2 N–H and O–H groups in total. The number of imide groups is 1. The van der Waals surface area contributed by atoms with Crippen LogP contribution < -0.4 is 15.8 Å². The van der Waals surface area contributed by atoms with Crippen molar-refractivity contribution in [3.63, 3.8) is 0 Å². The molecule has 0 aliphatic carbocycles. The van der Waals surface area contributed by atoms with Gasteiger partial charge in [-0.15, -0.1) is 0 Å². The molecule has 122 valence electrons. The summed E-state index contributed by atoms with van der Waals surface area (Å²) in [5.74, 6) is -1.13. The van der Waals surface area contributed by atoms with Crippen LogP contribution in [-0.2, 0) is 9.59 Å². The summed E-state index contributed by atoms with van der Waals surface area (Å²) in [6.07, 6.45) is 2.97. The molecule has 0 unspecified atom stereocenters. The number of halogens is 1. The van der Waals surface area contributed by atoms with E-state index in [1.54, 1.807) is 36.4 Å². The molecule has 1 aliphatic heterocycles. The smallest absolute Gasteiger partial charge is 0.265 e. The van der Waals surface area contributed by atoms with E-state index in [0.717, 1.165) is 9.37 Å². The van der Waals surface area contributed by atoms with Gasteiger partial charge in [0.15, 0.2) is 0 Å². The van der Waals surface area contributed by atoms with Crippen molar-refractivity contribution in [1.29, 1.82) is 0 Å². The number of anilines is 1. The zero-order valence-electron chi connectivity index (χ0n) is 12.4. The van der Waals surface area contributed by atoms with Crippen LogP contribution >= 0.6 is 15.9 Å². The number of hydrogen-bond donors (Lipinski definition) is 2. The lowest BCUT2D eigenvalue weighted by atomic mass is 10.2. The third kappa shape index (κ3) is 3.34. The quantitative estimate of drug-likeness (QED) is 0.610. The van der Waals surface area contributed by atoms with Gasteiger partial charge in [-0.25, -0.2) is 10.3 Å². The van der Waals surface area contributed by atoms with Crippen molar-refractivity contribution < 1.29 is 14.4 Å². The lowest BCUT2D eigenvalue weighted by Gasteiger charge is -2.16. The molecule has 0 spiro atoms. The number of amides is 3. The molecule has 0 saturated carbocycles. The fraction of sp³-hybridized carbons (Fsp3) is 0.125. The van der Waals surface area contributed by atoms with Gasteiger partial charge < -0.3 is 0 Å². The maximum absolute atomic E-state index is 12.4. The lowest BCUT2D eigenvalue weighted by Crippen LogP contribution is -2.48. The number of nitrogens with one attached hydrogen (secondary N) is 2. The van der Waals surface area contributed by atoms with Crippen LogP contribution in [0.3, 0.4) is 0 Å². The van der Waals surface area contributed by atoms with Crippen LogP contribution in [0.15, 0.2) is 53.3 Å². The fourth-order valence-corrected chi connectivity index (χ4v) is 2.60. The molecule has 0 radical (unpaired) electrons. The molecule has 8 heteroatoms. The second kappa shape index (κ2) is 6.90. The maximum Gasteiger partial charge on any atom is 0.265 e. The summed E-state index contributed by atoms with van der Waals surface area (Å²) >= 11 is 3.31.